The van der Waals surface area contributed by atoms with Crippen molar-refractivity contribution in [3.63, 3.8) is 0 Å². The van der Waals surface area contributed by atoms with E-state index in [-0.39, 0.29) is 5.91 Å². The monoisotopic (exact) mass is 390 g/mol. The molecule has 1 aromatic heterocycles. The van der Waals surface area contributed by atoms with Crippen LogP contribution in [-0.4, -0.2) is 36.9 Å². The standard InChI is InChI=1S/C22H22N4O3/c1-28-19-11-9-16(14-20(19)29-2)23-21-12-10-17(24-25-21)22(27)26-13-5-7-15-6-3-4-8-18(15)26/h3-4,6,8-12,14H,5,7,13H2,1-2H3,(H,23,25). The first-order valence-electron chi connectivity index (χ1n) is 9.42. The minimum atomic E-state index is -0.137. The summed E-state index contributed by atoms with van der Waals surface area (Å²) in [6.45, 7) is 0.684. The van der Waals surface area contributed by atoms with Crippen LogP contribution in [0.25, 0.3) is 0 Å². The van der Waals surface area contributed by atoms with Gasteiger partial charge in [-0.15, -0.1) is 10.2 Å². The van der Waals surface area contributed by atoms with Crippen LogP contribution in [0, 0.1) is 0 Å². The molecule has 7 nitrogen and oxygen atoms in total. The summed E-state index contributed by atoms with van der Waals surface area (Å²) in [7, 11) is 3.17. The van der Waals surface area contributed by atoms with Crippen LogP contribution in [0.15, 0.2) is 54.6 Å². The Morgan fingerprint density at radius 3 is 2.59 bits per heavy atom. The molecule has 0 bridgehead atoms. The molecule has 1 N–H and O–H groups in total. The molecule has 0 fully saturated rings. The van der Waals surface area contributed by atoms with Crippen LogP contribution in [0.1, 0.15) is 22.5 Å². The van der Waals surface area contributed by atoms with Crippen LogP contribution in [0.2, 0.25) is 0 Å². The average Bonchev–Trinajstić information content (AvgIpc) is 2.78. The number of carbonyl (C=O) groups is 1. The van der Waals surface area contributed by atoms with Crippen molar-refractivity contribution in [2.45, 2.75) is 12.8 Å². The number of para-hydroxylation sites is 1. The predicted octanol–water partition coefficient (Wildman–Crippen LogP) is 3.83. The first-order valence-corrected chi connectivity index (χ1v) is 9.42. The normalized spacial score (nSPS) is 12.8. The number of aromatic nitrogens is 2. The molecule has 4 rings (SSSR count). The molecule has 1 aliphatic heterocycles. The van der Waals surface area contributed by atoms with Crippen LogP contribution in [-0.2, 0) is 6.42 Å². The van der Waals surface area contributed by atoms with Gasteiger partial charge in [0.05, 0.1) is 14.2 Å². The lowest BCUT2D eigenvalue weighted by molar-refractivity contribution is 0.0979. The van der Waals surface area contributed by atoms with E-state index in [1.807, 2.05) is 30.3 Å². The van der Waals surface area contributed by atoms with Gasteiger partial charge in [-0.1, -0.05) is 18.2 Å². The summed E-state index contributed by atoms with van der Waals surface area (Å²) in [5.41, 5.74) is 3.24. The van der Waals surface area contributed by atoms with Crippen molar-refractivity contribution in [1.29, 1.82) is 0 Å². The highest BCUT2D eigenvalue weighted by molar-refractivity contribution is 6.05. The summed E-state index contributed by atoms with van der Waals surface area (Å²) in [4.78, 5) is 14.7. The van der Waals surface area contributed by atoms with E-state index in [0.29, 0.717) is 29.6 Å². The Balaban J connectivity index is 1.51. The van der Waals surface area contributed by atoms with Crippen molar-refractivity contribution in [2.75, 3.05) is 31.0 Å². The first kappa shape index (κ1) is 18.7. The Labute approximate surface area is 169 Å². The quantitative estimate of drug-likeness (QED) is 0.714. The van der Waals surface area contributed by atoms with Gasteiger partial charge >= 0.3 is 0 Å². The molecule has 2 aromatic carbocycles. The zero-order valence-corrected chi connectivity index (χ0v) is 16.4. The van der Waals surface area contributed by atoms with Gasteiger partial charge in [-0.3, -0.25) is 4.79 Å². The number of carbonyl (C=O) groups excluding carboxylic acids is 1. The van der Waals surface area contributed by atoms with Crippen molar-refractivity contribution in [3.8, 4) is 11.5 Å². The molecule has 0 aliphatic carbocycles. The molecule has 0 unspecified atom stereocenters. The number of nitrogens with zero attached hydrogens (tertiary/aromatic N) is 3. The Morgan fingerprint density at radius 1 is 1.00 bits per heavy atom. The molecule has 0 saturated carbocycles. The van der Waals surface area contributed by atoms with E-state index in [4.69, 9.17) is 9.47 Å². The Bertz CT molecular complexity index is 1020. The summed E-state index contributed by atoms with van der Waals surface area (Å²) in [5, 5.41) is 11.5. The fourth-order valence-corrected chi connectivity index (χ4v) is 3.46. The number of hydrogen-bond acceptors (Lipinski definition) is 6. The van der Waals surface area contributed by atoms with Gasteiger partial charge in [-0.2, -0.15) is 0 Å². The molecule has 3 aromatic rings. The summed E-state index contributed by atoms with van der Waals surface area (Å²) in [6, 6.07) is 16.9. The highest BCUT2D eigenvalue weighted by Crippen LogP contribution is 2.31. The number of hydrogen-bond donors (Lipinski definition) is 1. The maximum Gasteiger partial charge on any atom is 0.278 e. The highest BCUT2D eigenvalue weighted by atomic mass is 16.5. The van der Waals surface area contributed by atoms with Gasteiger partial charge in [0.2, 0.25) is 0 Å². The second-order valence-corrected chi connectivity index (χ2v) is 6.69. The van der Waals surface area contributed by atoms with Gasteiger partial charge in [-0.25, -0.2) is 0 Å². The number of aryl methyl sites for hydroxylation is 1. The van der Waals surface area contributed by atoms with E-state index < -0.39 is 0 Å². The number of ether oxygens (including phenoxy) is 2. The summed E-state index contributed by atoms with van der Waals surface area (Å²) >= 11 is 0. The predicted molar refractivity (Wildman–Crippen MR) is 111 cm³/mol. The van der Waals surface area contributed by atoms with Crippen LogP contribution in [0.3, 0.4) is 0 Å². The number of amides is 1. The van der Waals surface area contributed by atoms with Crippen molar-refractivity contribution in [3.05, 3.63) is 65.9 Å². The SMILES string of the molecule is COc1ccc(Nc2ccc(C(=O)N3CCCc4ccccc43)nn2)cc1OC. The van der Waals surface area contributed by atoms with Gasteiger partial charge in [0.15, 0.2) is 23.0 Å². The summed E-state index contributed by atoms with van der Waals surface area (Å²) in [6.07, 6.45) is 1.93. The van der Waals surface area contributed by atoms with Crippen molar-refractivity contribution in [1.82, 2.24) is 10.2 Å². The topological polar surface area (TPSA) is 76.6 Å². The van der Waals surface area contributed by atoms with Crippen LogP contribution in [0.5, 0.6) is 11.5 Å². The van der Waals surface area contributed by atoms with E-state index in [9.17, 15) is 4.79 Å². The molecule has 1 amide bonds. The number of nitrogens with one attached hydrogen (secondary N) is 1. The average molecular weight is 390 g/mol. The van der Waals surface area contributed by atoms with Gasteiger partial charge in [-0.05, 0) is 48.7 Å². The summed E-state index contributed by atoms with van der Waals surface area (Å²) < 4.78 is 10.6. The van der Waals surface area contributed by atoms with E-state index in [1.165, 1.54) is 5.56 Å². The van der Waals surface area contributed by atoms with Crippen LogP contribution < -0.4 is 19.7 Å². The smallest absolute Gasteiger partial charge is 0.278 e. The molecule has 0 spiro atoms. The third-order valence-corrected chi connectivity index (χ3v) is 4.90. The fourth-order valence-electron chi connectivity index (χ4n) is 3.46. The third-order valence-electron chi connectivity index (χ3n) is 4.90. The lowest BCUT2D eigenvalue weighted by Crippen LogP contribution is -2.36. The number of anilines is 3. The lowest BCUT2D eigenvalue weighted by atomic mass is 10.0. The number of methoxy groups -OCH3 is 2. The van der Waals surface area contributed by atoms with Gasteiger partial charge in [0, 0.05) is 24.0 Å². The second-order valence-electron chi connectivity index (χ2n) is 6.69. The van der Waals surface area contributed by atoms with E-state index in [0.717, 1.165) is 24.2 Å². The Morgan fingerprint density at radius 2 is 1.83 bits per heavy atom. The number of benzene rings is 2. The second kappa shape index (κ2) is 8.18. The van der Waals surface area contributed by atoms with Gasteiger partial charge in [0.1, 0.15) is 0 Å². The van der Waals surface area contributed by atoms with Gasteiger partial charge in [0.25, 0.3) is 5.91 Å². The molecule has 29 heavy (non-hydrogen) atoms. The van der Waals surface area contributed by atoms with E-state index >= 15 is 0 Å². The van der Waals surface area contributed by atoms with Crippen molar-refractivity contribution in [2.24, 2.45) is 0 Å². The minimum absolute atomic E-state index is 0.137. The zero-order valence-electron chi connectivity index (χ0n) is 16.4. The molecular formula is C22H22N4O3. The van der Waals surface area contributed by atoms with Gasteiger partial charge < -0.3 is 19.7 Å². The third kappa shape index (κ3) is 3.85. The molecule has 148 valence electrons. The number of fused-ring (bicyclic) bond motifs is 1. The van der Waals surface area contributed by atoms with E-state index in [2.05, 4.69) is 21.6 Å². The molecule has 0 atom stereocenters. The lowest BCUT2D eigenvalue weighted by Gasteiger charge is -2.29. The number of rotatable bonds is 5. The molecule has 1 aliphatic rings. The zero-order chi connectivity index (χ0) is 20.2. The highest BCUT2D eigenvalue weighted by Gasteiger charge is 2.24. The van der Waals surface area contributed by atoms with Crippen LogP contribution in [0.4, 0.5) is 17.2 Å². The Hall–Kier alpha value is -3.61. The van der Waals surface area contributed by atoms with Crippen LogP contribution >= 0.6 is 0 Å². The minimum Gasteiger partial charge on any atom is -0.493 e. The maximum absolute atomic E-state index is 13.0. The molecule has 0 saturated heterocycles. The largest absolute Gasteiger partial charge is 0.493 e. The van der Waals surface area contributed by atoms with Crippen molar-refractivity contribution >= 4 is 23.1 Å². The van der Waals surface area contributed by atoms with E-state index in [1.54, 1.807) is 37.3 Å². The molecule has 2 heterocycles. The summed E-state index contributed by atoms with van der Waals surface area (Å²) in [5.74, 6) is 1.66. The molecule has 0 radical (unpaired) electrons. The van der Waals surface area contributed by atoms with Crippen molar-refractivity contribution < 1.29 is 14.3 Å². The fraction of sp³-hybridized carbons (Fsp3) is 0.227. The maximum atomic E-state index is 13.0. The molecular weight excluding hydrogens is 368 g/mol. The Kier molecular flexibility index (Phi) is 5.29. The first-order chi connectivity index (χ1) is 14.2. The molecule has 7 heteroatoms.